The molecule has 1 N–H and O–H groups in total. The zero-order valence-electron chi connectivity index (χ0n) is 6.08. The van der Waals surface area contributed by atoms with Crippen molar-refractivity contribution in [3.8, 4) is 0 Å². The molecule has 0 atom stereocenters. The number of hydrogen-bond acceptors (Lipinski definition) is 4. The van der Waals surface area contributed by atoms with E-state index in [2.05, 4.69) is 15.3 Å². The van der Waals surface area contributed by atoms with Crippen molar-refractivity contribution in [2.75, 3.05) is 13.1 Å². The van der Waals surface area contributed by atoms with Crippen molar-refractivity contribution < 1.29 is 0 Å². The lowest BCUT2D eigenvalue weighted by molar-refractivity contribution is 0.743. The van der Waals surface area contributed by atoms with E-state index in [9.17, 15) is 0 Å². The molecule has 0 unspecified atom stereocenters. The van der Waals surface area contributed by atoms with Crippen molar-refractivity contribution in [3.63, 3.8) is 0 Å². The molecule has 1 aliphatic rings. The maximum atomic E-state index is 4.35. The molecular weight excluding hydrogens is 158 g/mol. The van der Waals surface area contributed by atoms with Crippen LogP contribution in [0.25, 0.3) is 0 Å². The lowest BCUT2D eigenvalue weighted by atomic mass is 10.3. The van der Waals surface area contributed by atoms with Gasteiger partial charge in [0.15, 0.2) is 0 Å². The summed E-state index contributed by atoms with van der Waals surface area (Å²) in [7, 11) is 0. The van der Waals surface area contributed by atoms with Gasteiger partial charge in [0.2, 0.25) is 0 Å². The van der Waals surface area contributed by atoms with E-state index in [1.165, 1.54) is 0 Å². The highest BCUT2D eigenvalue weighted by molar-refractivity contribution is 7.11. The molecular formula is C7H9N3S. The number of hydrogen-bond donors (Lipinski definition) is 1. The Kier molecular flexibility index (Phi) is 1.85. The summed E-state index contributed by atoms with van der Waals surface area (Å²) >= 11 is 1.63. The fourth-order valence-corrected chi connectivity index (χ4v) is 1.64. The summed E-state index contributed by atoms with van der Waals surface area (Å²) in [4.78, 5) is 9.49. The SMILES string of the molecule is c1ncc(C2=NCCCN2)s1. The molecule has 0 aromatic carbocycles. The van der Waals surface area contributed by atoms with Crippen LogP contribution in [-0.4, -0.2) is 23.9 Å². The second kappa shape index (κ2) is 3.00. The zero-order valence-corrected chi connectivity index (χ0v) is 6.90. The van der Waals surface area contributed by atoms with Crippen LogP contribution in [0.15, 0.2) is 16.7 Å². The first-order chi connectivity index (χ1) is 5.47. The molecule has 4 heteroatoms. The molecule has 58 valence electrons. The van der Waals surface area contributed by atoms with Crippen LogP contribution >= 0.6 is 11.3 Å². The van der Waals surface area contributed by atoms with E-state index in [0.29, 0.717) is 0 Å². The lowest BCUT2D eigenvalue weighted by Gasteiger charge is -2.11. The van der Waals surface area contributed by atoms with Gasteiger partial charge < -0.3 is 5.32 Å². The van der Waals surface area contributed by atoms with Crippen molar-refractivity contribution in [2.24, 2.45) is 4.99 Å². The number of amidine groups is 1. The average Bonchev–Trinajstić information content (AvgIpc) is 2.58. The molecule has 0 spiro atoms. The summed E-state index contributed by atoms with van der Waals surface area (Å²) in [5.74, 6) is 1.01. The molecule has 2 rings (SSSR count). The number of aliphatic imine (C=N–C) groups is 1. The summed E-state index contributed by atoms with van der Waals surface area (Å²) in [5, 5.41) is 3.24. The number of nitrogens with one attached hydrogen (secondary N) is 1. The van der Waals surface area contributed by atoms with Crippen LogP contribution in [0.2, 0.25) is 0 Å². The minimum Gasteiger partial charge on any atom is -0.369 e. The third-order valence-electron chi connectivity index (χ3n) is 1.56. The molecule has 11 heavy (non-hydrogen) atoms. The molecule has 0 fully saturated rings. The van der Waals surface area contributed by atoms with E-state index in [-0.39, 0.29) is 0 Å². The second-order valence-corrected chi connectivity index (χ2v) is 3.26. The highest BCUT2D eigenvalue weighted by atomic mass is 32.1. The first kappa shape index (κ1) is 6.79. The third-order valence-corrected chi connectivity index (χ3v) is 2.34. The molecule has 2 heterocycles. The minimum absolute atomic E-state index is 0.945. The van der Waals surface area contributed by atoms with Gasteiger partial charge in [-0.25, -0.2) is 0 Å². The third kappa shape index (κ3) is 1.40. The molecule has 0 saturated carbocycles. The van der Waals surface area contributed by atoms with Crippen LogP contribution in [0.3, 0.4) is 0 Å². The number of aromatic nitrogens is 1. The Morgan fingerprint density at radius 1 is 1.55 bits per heavy atom. The summed E-state index contributed by atoms with van der Waals surface area (Å²) in [6, 6.07) is 0. The van der Waals surface area contributed by atoms with Gasteiger partial charge >= 0.3 is 0 Å². The van der Waals surface area contributed by atoms with Crippen molar-refractivity contribution in [1.82, 2.24) is 10.3 Å². The molecule has 0 bridgehead atoms. The van der Waals surface area contributed by atoms with Crippen LogP contribution in [0.5, 0.6) is 0 Å². The van der Waals surface area contributed by atoms with Gasteiger partial charge in [-0.1, -0.05) is 0 Å². The smallest absolute Gasteiger partial charge is 0.140 e. The molecule has 1 aliphatic heterocycles. The summed E-state index contributed by atoms with van der Waals surface area (Å²) in [5.41, 5.74) is 1.83. The Hall–Kier alpha value is -0.900. The Morgan fingerprint density at radius 2 is 2.55 bits per heavy atom. The Balaban J connectivity index is 2.22. The zero-order chi connectivity index (χ0) is 7.52. The highest BCUT2D eigenvalue weighted by Gasteiger charge is 2.06. The average molecular weight is 167 g/mol. The van der Waals surface area contributed by atoms with Crippen LogP contribution in [-0.2, 0) is 0 Å². The fourth-order valence-electron chi connectivity index (χ4n) is 1.03. The van der Waals surface area contributed by atoms with Crippen LogP contribution in [0.1, 0.15) is 11.3 Å². The second-order valence-electron chi connectivity index (χ2n) is 2.38. The van der Waals surface area contributed by atoms with Gasteiger partial charge in [0, 0.05) is 19.3 Å². The Labute approximate surface area is 69.2 Å². The predicted molar refractivity (Wildman–Crippen MR) is 46.1 cm³/mol. The first-order valence-corrected chi connectivity index (χ1v) is 4.52. The van der Waals surface area contributed by atoms with Gasteiger partial charge in [-0.3, -0.25) is 9.98 Å². The van der Waals surface area contributed by atoms with Gasteiger partial charge in [0.05, 0.1) is 10.4 Å². The number of rotatable bonds is 1. The maximum absolute atomic E-state index is 4.35. The van der Waals surface area contributed by atoms with Crippen LogP contribution in [0, 0.1) is 0 Å². The largest absolute Gasteiger partial charge is 0.369 e. The highest BCUT2D eigenvalue weighted by Crippen LogP contribution is 2.07. The van der Waals surface area contributed by atoms with E-state index in [0.717, 1.165) is 30.2 Å². The monoisotopic (exact) mass is 167 g/mol. The Bertz CT molecular complexity index is 253. The molecule has 0 amide bonds. The van der Waals surface area contributed by atoms with Crippen molar-refractivity contribution >= 4 is 17.2 Å². The standard InChI is InChI=1S/C7H9N3S/c1-2-9-7(10-3-1)6-4-8-5-11-6/h4-5H,1-3H2,(H,9,10). The minimum atomic E-state index is 0.945. The van der Waals surface area contributed by atoms with Crippen molar-refractivity contribution in [2.45, 2.75) is 6.42 Å². The predicted octanol–water partition coefficient (Wildman–Crippen LogP) is 0.883. The molecule has 0 radical (unpaired) electrons. The molecule has 3 nitrogen and oxygen atoms in total. The topological polar surface area (TPSA) is 37.3 Å². The summed E-state index contributed by atoms with van der Waals surface area (Å²) in [6.07, 6.45) is 2.99. The molecule has 1 aromatic heterocycles. The van der Waals surface area contributed by atoms with E-state index in [1.807, 2.05) is 11.7 Å². The number of nitrogens with zero attached hydrogens (tertiary/aromatic N) is 2. The van der Waals surface area contributed by atoms with E-state index < -0.39 is 0 Å². The lowest BCUT2D eigenvalue weighted by Crippen LogP contribution is -2.29. The molecule has 0 saturated heterocycles. The van der Waals surface area contributed by atoms with E-state index >= 15 is 0 Å². The maximum Gasteiger partial charge on any atom is 0.140 e. The van der Waals surface area contributed by atoms with E-state index in [1.54, 1.807) is 11.3 Å². The van der Waals surface area contributed by atoms with Crippen molar-refractivity contribution in [3.05, 3.63) is 16.6 Å². The van der Waals surface area contributed by atoms with Gasteiger partial charge in [-0.2, -0.15) is 0 Å². The number of thiazole rings is 1. The van der Waals surface area contributed by atoms with Gasteiger partial charge in [-0.05, 0) is 6.42 Å². The van der Waals surface area contributed by atoms with Crippen molar-refractivity contribution in [1.29, 1.82) is 0 Å². The quantitative estimate of drug-likeness (QED) is 0.674. The van der Waals surface area contributed by atoms with Gasteiger partial charge in [0.1, 0.15) is 5.84 Å². The molecule has 1 aromatic rings. The summed E-state index contributed by atoms with van der Waals surface area (Å²) in [6.45, 7) is 1.98. The fraction of sp³-hybridized carbons (Fsp3) is 0.429. The molecule has 0 aliphatic carbocycles. The van der Waals surface area contributed by atoms with Gasteiger partial charge in [-0.15, -0.1) is 11.3 Å². The normalized spacial score (nSPS) is 17.3. The first-order valence-electron chi connectivity index (χ1n) is 3.64. The Morgan fingerprint density at radius 3 is 3.18 bits per heavy atom. The van der Waals surface area contributed by atoms with Crippen LogP contribution < -0.4 is 5.32 Å². The summed E-state index contributed by atoms with van der Waals surface area (Å²) < 4.78 is 0. The van der Waals surface area contributed by atoms with Gasteiger partial charge in [0.25, 0.3) is 0 Å². The van der Waals surface area contributed by atoms with E-state index in [4.69, 9.17) is 0 Å². The van der Waals surface area contributed by atoms with Crippen LogP contribution in [0.4, 0.5) is 0 Å².